The Hall–Kier alpha value is -1.92. The van der Waals surface area contributed by atoms with Gasteiger partial charge in [0.2, 0.25) is 10.9 Å². The highest BCUT2D eigenvalue weighted by molar-refractivity contribution is 8.23. The number of ether oxygens (including phenoxy) is 1. The number of hydrogen-bond acceptors (Lipinski definition) is 5. The van der Waals surface area contributed by atoms with Crippen molar-refractivity contribution in [3.63, 3.8) is 0 Å². The summed E-state index contributed by atoms with van der Waals surface area (Å²) in [4.78, 5) is 11.1. The lowest BCUT2D eigenvalue weighted by Gasteiger charge is -2.30. The maximum Gasteiger partial charge on any atom is 0.227 e. The van der Waals surface area contributed by atoms with Crippen LogP contribution < -0.4 is 0 Å². The molecule has 0 aliphatic heterocycles. The summed E-state index contributed by atoms with van der Waals surface area (Å²) in [5.74, 6) is 0. The van der Waals surface area contributed by atoms with E-state index < -0.39 is 4.75 Å². The van der Waals surface area contributed by atoms with E-state index in [1.807, 2.05) is 67.6 Å². The maximum absolute atomic E-state index is 11.4. The van der Waals surface area contributed by atoms with Crippen molar-refractivity contribution in [1.82, 2.24) is 0 Å². The highest BCUT2D eigenvalue weighted by Crippen LogP contribution is 2.44. The van der Waals surface area contributed by atoms with Crippen LogP contribution in [0.5, 0.6) is 0 Å². The van der Waals surface area contributed by atoms with Crippen LogP contribution in [-0.4, -0.2) is 22.5 Å². The zero-order valence-corrected chi connectivity index (χ0v) is 14.3. The van der Waals surface area contributed by atoms with Gasteiger partial charge < -0.3 is 4.74 Å². The minimum Gasteiger partial charge on any atom is -0.479 e. The highest BCUT2D eigenvalue weighted by atomic mass is 32.2. The van der Waals surface area contributed by atoms with E-state index >= 15 is 0 Å². The quantitative estimate of drug-likeness (QED) is 0.444. The van der Waals surface area contributed by atoms with Gasteiger partial charge in [-0.25, -0.2) is 0 Å². The second kappa shape index (κ2) is 8.08. The van der Waals surface area contributed by atoms with E-state index in [4.69, 9.17) is 17.0 Å². The summed E-state index contributed by atoms with van der Waals surface area (Å²) in [6.07, 6.45) is 0. The number of nitrogens with zero attached hydrogens (tertiary/aromatic N) is 1. The third-order valence-electron chi connectivity index (χ3n) is 3.35. The zero-order valence-electron chi connectivity index (χ0n) is 12.7. The van der Waals surface area contributed by atoms with Gasteiger partial charge in [0.05, 0.1) is 6.61 Å². The number of benzene rings is 2. The zero-order chi connectivity index (χ0) is 16.7. The Morgan fingerprint density at radius 3 is 2.00 bits per heavy atom. The maximum atomic E-state index is 11.4. The third-order valence-corrected chi connectivity index (χ3v) is 4.95. The first kappa shape index (κ1) is 17.4. The molecule has 0 saturated heterocycles. The van der Waals surface area contributed by atoms with Crippen molar-refractivity contribution in [3.05, 3.63) is 81.9 Å². The lowest BCUT2D eigenvalue weighted by Crippen LogP contribution is -2.34. The van der Waals surface area contributed by atoms with Gasteiger partial charge in [-0.05, 0) is 30.3 Å². The molecule has 23 heavy (non-hydrogen) atoms. The molecule has 0 aliphatic rings. The van der Waals surface area contributed by atoms with Gasteiger partial charge in [-0.15, -0.1) is 0 Å². The SMILES string of the molecule is CCOC(=S)SC(C[N+](=O)[O-])(c1ccccc1)c1ccccc1. The molecule has 0 bridgehead atoms. The van der Waals surface area contributed by atoms with Crippen LogP contribution in [0.1, 0.15) is 18.1 Å². The van der Waals surface area contributed by atoms with E-state index in [0.717, 1.165) is 11.1 Å². The molecule has 2 rings (SSSR count). The van der Waals surface area contributed by atoms with Crippen molar-refractivity contribution in [2.75, 3.05) is 13.2 Å². The molecule has 0 fully saturated rings. The van der Waals surface area contributed by atoms with Gasteiger partial charge in [0.15, 0.2) is 0 Å². The number of rotatable bonds is 6. The van der Waals surface area contributed by atoms with E-state index in [0.29, 0.717) is 11.0 Å². The fourth-order valence-electron chi connectivity index (χ4n) is 2.39. The molecule has 0 N–H and O–H groups in total. The van der Waals surface area contributed by atoms with Crippen LogP contribution >= 0.6 is 24.0 Å². The number of nitro groups is 1. The fourth-order valence-corrected chi connectivity index (χ4v) is 4.07. The summed E-state index contributed by atoms with van der Waals surface area (Å²) >= 11 is 6.49. The molecule has 4 nitrogen and oxygen atoms in total. The first-order chi connectivity index (χ1) is 11.1. The number of thioether (sulfide) groups is 1. The van der Waals surface area contributed by atoms with Crippen molar-refractivity contribution >= 4 is 28.4 Å². The van der Waals surface area contributed by atoms with Crippen LogP contribution in [-0.2, 0) is 9.48 Å². The Morgan fingerprint density at radius 2 is 1.61 bits per heavy atom. The number of thiocarbonyl (C=S) groups is 1. The molecule has 0 atom stereocenters. The third kappa shape index (κ3) is 4.30. The van der Waals surface area contributed by atoms with Crippen molar-refractivity contribution in [2.45, 2.75) is 11.7 Å². The Bertz CT molecular complexity index is 623. The first-order valence-electron chi connectivity index (χ1n) is 7.17. The Morgan fingerprint density at radius 1 is 1.13 bits per heavy atom. The van der Waals surface area contributed by atoms with E-state index in [2.05, 4.69) is 0 Å². The molecular weight excluding hydrogens is 330 g/mol. The molecule has 0 saturated carbocycles. The largest absolute Gasteiger partial charge is 0.479 e. The summed E-state index contributed by atoms with van der Waals surface area (Å²) in [6.45, 7) is 2.00. The highest BCUT2D eigenvalue weighted by Gasteiger charge is 2.42. The van der Waals surface area contributed by atoms with Crippen LogP contribution in [0.25, 0.3) is 0 Å². The van der Waals surface area contributed by atoms with Crippen LogP contribution in [0.2, 0.25) is 0 Å². The summed E-state index contributed by atoms with van der Waals surface area (Å²) in [5.41, 5.74) is 1.66. The molecule has 0 amide bonds. The molecule has 120 valence electrons. The molecule has 2 aromatic rings. The summed E-state index contributed by atoms with van der Waals surface area (Å²) in [5, 5.41) is 11.4. The van der Waals surface area contributed by atoms with E-state index in [1.165, 1.54) is 11.8 Å². The van der Waals surface area contributed by atoms with E-state index in [9.17, 15) is 10.1 Å². The standard InChI is InChI=1S/C17H17NO3S2/c1-2-21-16(22)23-17(13-18(19)20,14-9-5-3-6-10-14)15-11-7-4-8-12-15/h3-12H,2,13H2,1H3. The molecule has 0 aliphatic carbocycles. The van der Waals surface area contributed by atoms with Crippen molar-refractivity contribution in [1.29, 1.82) is 0 Å². The van der Waals surface area contributed by atoms with E-state index in [-0.39, 0.29) is 11.5 Å². The van der Waals surface area contributed by atoms with Gasteiger partial charge in [0, 0.05) is 4.92 Å². The molecule has 0 aromatic heterocycles. The van der Waals surface area contributed by atoms with Gasteiger partial charge in [0.25, 0.3) is 0 Å². The van der Waals surface area contributed by atoms with E-state index in [1.54, 1.807) is 0 Å². The Balaban J connectivity index is 2.58. The molecular formula is C17H17NO3S2. The molecule has 6 heteroatoms. The predicted octanol–water partition coefficient (Wildman–Crippen LogP) is 4.26. The average molecular weight is 347 g/mol. The smallest absolute Gasteiger partial charge is 0.227 e. The van der Waals surface area contributed by atoms with Crippen LogP contribution in [0.15, 0.2) is 60.7 Å². The molecule has 0 spiro atoms. The van der Waals surface area contributed by atoms with Crippen molar-refractivity contribution in [2.24, 2.45) is 0 Å². The minimum atomic E-state index is -0.918. The van der Waals surface area contributed by atoms with Gasteiger partial charge in [0.1, 0.15) is 4.75 Å². The predicted molar refractivity (Wildman–Crippen MR) is 97.3 cm³/mol. The Kier molecular flexibility index (Phi) is 6.12. The van der Waals surface area contributed by atoms with Gasteiger partial charge in [-0.1, -0.05) is 72.4 Å². The molecule has 0 radical (unpaired) electrons. The normalized spacial score (nSPS) is 11.0. The lowest BCUT2D eigenvalue weighted by atomic mass is 9.90. The Labute approximate surface area is 145 Å². The summed E-state index contributed by atoms with van der Waals surface area (Å²) in [6, 6.07) is 18.8. The van der Waals surface area contributed by atoms with Gasteiger partial charge in [-0.2, -0.15) is 0 Å². The van der Waals surface area contributed by atoms with Crippen molar-refractivity contribution in [3.8, 4) is 0 Å². The molecule has 0 unspecified atom stereocenters. The topological polar surface area (TPSA) is 52.4 Å². The van der Waals surface area contributed by atoms with Gasteiger partial charge in [-0.3, -0.25) is 10.1 Å². The van der Waals surface area contributed by atoms with Gasteiger partial charge >= 0.3 is 0 Å². The second-order valence-electron chi connectivity index (χ2n) is 4.83. The van der Waals surface area contributed by atoms with Crippen LogP contribution in [0, 0.1) is 10.1 Å². The first-order valence-corrected chi connectivity index (χ1v) is 8.39. The fraction of sp³-hybridized carbons (Fsp3) is 0.235. The minimum absolute atomic E-state index is 0.279. The molecule has 0 heterocycles. The van der Waals surface area contributed by atoms with Crippen LogP contribution in [0.3, 0.4) is 0 Å². The van der Waals surface area contributed by atoms with Crippen LogP contribution in [0.4, 0.5) is 0 Å². The summed E-state index contributed by atoms with van der Waals surface area (Å²) in [7, 11) is 0. The van der Waals surface area contributed by atoms with Crippen molar-refractivity contribution < 1.29 is 9.66 Å². The summed E-state index contributed by atoms with van der Waals surface area (Å²) < 4.78 is 4.78. The molecule has 2 aromatic carbocycles. The monoisotopic (exact) mass is 347 g/mol. The average Bonchev–Trinajstić information content (AvgIpc) is 2.55. The lowest BCUT2D eigenvalue weighted by molar-refractivity contribution is -0.484. The second-order valence-corrected chi connectivity index (χ2v) is 6.74. The number of hydrogen-bond donors (Lipinski definition) is 0.